The first kappa shape index (κ1) is 18.0. The molecule has 0 bridgehead atoms. The van der Waals surface area contributed by atoms with Crippen LogP contribution in [-0.2, 0) is 9.53 Å². The number of amides is 1. The third-order valence-electron chi connectivity index (χ3n) is 4.15. The first-order chi connectivity index (χ1) is 12.8. The fraction of sp³-hybridized carbons (Fsp3) is 0.286. The number of hydrogen-bond donors (Lipinski definition) is 1. The van der Waals surface area contributed by atoms with Gasteiger partial charge < -0.3 is 19.7 Å². The predicted molar refractivity (Wildman–Crippen MR) is 105 cm³/mol. The summed E-state index contributed by atoms with van der Waals surface area (Å²) >= 11 is 0. The summed E-state index contributed by atoms with van der Waals surface area (Å²) in [4.78, 5) is 14.6. The van der Waals surface area contributed by atoms with E-state index >= 15 is 0 Å². The second-order valence-electron chi connectivity index (χ2n) is 5.91. The van der Waals surface area contributed by atoms with E-state index in [0.717, 1.165) is 35.8 Å². The van der Waals surface area contributed by atoms with Crippen LogP contribution >= 0.6 is 0 Å². The van der Waals surface area contributed by atoms with Gasteiger partial charge in [-0.25, -0.2) is 0 Å². The summed E-state index contributed by atoms with van der Waals surface area (Å²) in [5.41, 5.74) is 2.71. The van der Waals surface area contributed by atoms with Gasteiger partial charge in [-0.1, -0.05) is 30.3 Å². The molecule has 5 heteroatoms. The molecule has 0 aromatic heterocycles. The van der Waals surface area contributed by atoms with Gasteiger partial charge in [0.15, 0.2) is 0 Å². The number of rotatable bonds is 6. The fourth-order valence-electron chi connectivity index (χ4n) is 2.90. The van der Waals surface area contributed by atoms with Crippen molar-refractivity contribution in [1.29, 1.82) is 0 Å². The van der Waals surface area contributed by atoms with Crippen molar-refractivity contribution >= 4 is 23.4 Å². The average molecular weight is 352 g/mol. The first-order valence-corrected chi connectivity index (χ1v) is 8.90. The Morgan fingerprint density at radius 2 is 1.88 bits per heavy atom. The van der Waals surface area contributed by atoms with Gasteiger partial charge in [-0.15, -0.1) is 0 Å². The van der Waals surface area contributed by atoms with Crippen LogP contribution in [0.1, 0.15) is 12.5 Å². The van der Waals surface area contributed by atoms with E-state index in [0.29, 0.717) is 19.8 Å². The maximum absolute atomic E-state index is 12.4. The molecule has 0 saturated carbocycles. The van der Waals surface area contributed by atoms with E-state index in [-0.39, 0.29) is 5.91 Å². The molecule has 1 aliphatic rings. The molecule has 26 heavy (non-hydrogen) atoms. The Labute approximate surface area is 154 Å². The third-order valence-corrected chi connectivity index (χ3v) is 4.15. The van der Waals surface area contributed by atoms with Crippen molar-refractivity contribution in [2.24, 2.45) is 0 Å². The summed E-state index contributed by atoms with van der Waals surface area (Å²) in [5, 5.41) is 2.98. The van der Waals surface area contributed by atoms with Crippen molar-refractivity contribution in [2.75, 3.05) is 43.1 Å². The molecule has 3 rings (SSSR count). The molecule has 1 aliphatic heterocycles. The monoisotopic (exact) mass is 352 g/mol. The Morgan fingerprint density at radius 3 is 2.69 bits per heavy atom. The summed E-state index contributed by atoms with van der Waals surface area (Å²) in [7, 11) is 0. The zero-order valence-electron chi connectivity index (χ0n) is 15.0. The van der Waals surface area contributed by atoms with Crippen LogP contribution in [-0.4, -0.2) is 38.8 Å². The van der Waals surface area contributed by atoms with Crippen molar-refractivity contribution in [2.45, 2.75) is 6.92 Å². The number of benzene rings is 2. The van der Waals surface area contributed by atoms with Crippen molar-refractivity contribution in [1.82, 2.24) is 0 Å². The molecule has 0 aliphatic carbocycles. The highest BCUT2D eigenvalue weighted by Crippen LogP contribution is 2.26. The highest BCUT2D eigenvalue weighted by Gasteiger charge is 2.15. The Morgan fingerprint density at radius 1 is 1.15 bits per heavy atom. The van der Waals surface area contributed by atoms with Gasteiger partial charge in [0.05, 0.1) is 31.2 Å². The minimum absolute atomic E-state index is 0.169. The van der Waals surface area contributed by atoms with E-state index in [1.165, 1.54) is 6.08 Å². The smallest absolute Gasteiger partial charge is 0.248 e. The maximum atomic E-state index is 12.4. The van der Waals surface area contributed by atoms with Crippen LogP contribution < -0.4 is 15.0 Å². The number of para-hydroxylation sites is 3. The molecular formula is C21H24N2O3. The summed E-state index contributed by atoms with van der Waals surface area (Å²) in [6, 6.07) is 15.5. The second kappa shape index (κ2) is 9.06. The fourth-order valence-corrected chi connectivity index (χ4v) is 2.90. The van der Waals surface area contributed by atoms with Crippen LogP contribution in [0.2, 0.25) is 0 Å². The summed E-state index contributed by atoms with van der Waals surface area (Å²) in [6.07, 6.45) is 3.31. The van der Waals surface area contributed by atoms with Crippen LogP contribution in [0.25, 0.3) is 6.08 Å². The molecule has 1 fully saturated rings. The lowest BCUT2D eigenvalue weighted by molar-refractivity contribution is -0.111. The molecule has 136 valence electrons. The van der Waals surface area contributed by atoms with E-state index < -0.39 is 0 Å². The molecule has 0 radical (unpaired) electrons. The average Bonchev–Trinajstić information content (AvgIpc) is 2.69. The van der Waals surface area contributed by atoms with Gasteiger partial charge in [-0.2, -0.15) is 0 Å². The predicted octanol–water partition coefficient (Wildman–Crippen LogP) is 3.57. The van der Waals surface area contributed by atoms with Gasteiger partial charge in [0.2, 0.25) is 5.91 Å². The summed E-state index contributed by atoms with van der Waals surface area (Å²) in [5.74, 6) is 0.602. The molecule has 1 amide bonds. The van der Waals surface area contributed by atoms with Gasteiger partial charge in [-0.05, 0) is 31.2 Å². The highest BCUT2D eigenvalue weighted by molar-refractivity contribution is 6.04. The van der Waals surface area contributed by atoms with Crippen LogP contribution in [0.5, 0.6) is 5.75 Å². The van der Waals surface area contributed by atoms with Crippen molar-refractivity contribution in [3.63, 3.8) is 0 Å². The zero-order valence-corrected chi connectivity index (χ0v) is 15.0. The van der Waals surface area contributed by atoms with E-state index in [1.807, 2.05) is 55.5 Å². The zero-order chi connectivity index (χ0) is 18.2. The van der Waals surface area contributed by atoms with Crippen molar-refractivity contribution in [3.05, 3.63) is 60.2 Å². The minimum Gasteiger partial charge on any atom is -0.493 e. The molecule has 1 heterocycles. The van der Waals surface area contributed by atoms with Gasteiger partial charge in [0.25, 0.3) is 0 Å². The Balaban J connectivity index is 1.71. The molecule has 5 nitrogen and oxygen atoms in total. The van der Waals surface area contributed by atoms with Gasteiger partial charge in [0, 0.05) is 24.7 Å². The minimum atomic E-state index is -0.169. The van der Waals surface area contributed by atoms with E-state index in [1.54, 1.807) is 6.08 Å². The standard InChI is InChI=1S/C21H24N2O3/c1-2-26-20-10-6-3-7-17(20)11-12-21(24)22-18-8-4-5-9-19(18)23-13-15-25-16-14-23/h3-12H,2,13-16H2,1H3,(H,22,24)/b12-11+. The molecule has 2 aromatic carbocycles. The quantitative estimate of drug-likeness (QED) is 0.808. The molecule has 0 unspecified atom stereocenters. The number of carbonyl (C=O) groups is 1. The molecular weight excluding hydrogens is 328 g/mol. The third kappa shape index (κ3) is 4.64. The van der Waals surface area contributed by atoms with Crippen LogP contribution in [0.3, 0.4) is 0 Å². The molecule has 0 atom stereocenters. The molecule has 2 aromatic rings. The second-order valence-corrected chi connectivity index (χ2v) is 5.91. The number of nitrogens with zero attached hydrogens (tertiary/aromatic N) is 1. The molecule has 0 spiro atoms. The summed E-state index contributed by atoms with van der Waals surface area (Å²) < 4.78 is 11.0. The first-order valence-electron chi connectivity index (χ1n) is 8.90. The Hall–Kier alpha value is -2.79. The SMILES string of the molecule is CCOc1ccccc1/C=C/C(=O)Nc1ccccc1N1CCOCC1. The number of carbonyl (C=O) groups excluding carboxylic acids is 1. The van der Waals surface area contributed by atoms with Crippen molar-refractivity contribution in [3.8, 4) is 5.75 Å². The lowest BCUT2D eigenvalue weighted by Gasteiger charge is -2.30. The number of morpholine rings is 1. The normalized spacial score (nSPS) is 14.4. The Kier molecular flexibility index (Phi) is 6.28. The number of nitrogens with one attached hydrogen (secondary N) is 1. The Bertz CT molecular complexity index is 767. The number of hydrogen-bond acceptors (Lipinski definition) is 4. The topological polar surface area (TPSA) is 50.8 Å². The van der Waals surface area contributed by atoms with E-state index in [2.05, 4.69) is 10.2 Å². The largest absolute Gasteiger partial charge is 0.493 e. The van der Waals surface area contributed by atoms with E-state index in [4.69, 9.17) is 9.47 Å². The number of ether oxygens (including phenoxy) is 2. The van der Waals surface area contributed by atoms with Gasteiger partial charge >= 0.3 is 0 Å². The number of anilines is 2. The van der Waals surface area contributed by atoms with Gasteiger partial charge in [-0.3, -0.25) is 4.79 Å². The van der Waals surface area contributed by atoms with Crippen LogP contribution in [0.4, 0.5) is 11.4 Å². The maximum Gasteiger partial charge on any atom is 0.248 e. The van der Waals surface area contributed by atoms with Crippen LogP contribution in [0, 0.1) is 0 Å². The van der Waals surface area contributed by atoms with Crippen molar-refractivity contribution < 1.29 is 14.3 Å². The lowest BCUT2D eigenvalue weighted by atomic mass is 10.2. The lowest BCUT2D eigenvalue weighted by Crippen LogP contribution is -2.36. The molecule has 1 saturated heterocycles. The molecule has 1 N–H and O–H groups in total. The highest BCUT2D eigenvalue weighted by atomic mass is 16.5. The van der Waals surface area contributed by atoms with Crippen LogP contribution in [0.15, 0.2) is 54.6 Å². The summed E-state index contributed by atoms with van der Waals surface area (Å²) in [6.45, 7) is 5.58. The van der Waals surface area contributed by atoms with Gasteiger partial charge in [0.1, 0.15) is 5.75 Å². The van der Waals surface area contributed by atoms with E-state index in [9.17, 15) is 4.79 Å².